The standard InChI is InChI=1S/C7H10N6S/c8-5-3-7(14-13-5)9-2-1-6-10-4-11-12-6/h3-4,9H,1-2H2,(H2,8,13)(H,10,11,12). The number of hydrogen-bond acceptors (Lipinski definition) is 6. The molecule has 0 atom stereocenters. The monoisotopic (exact) mass is 210 g/mol. The fourth-order valence-electron chi connectivity index (χ4n) is 1.03. The van der Waals surface area contributed by atoms with Crippen molar-refractivity contribution in [2.75, 3.05) is 17.6 Å². The molecule has 0 saturated heterocycles. The van der Waals surface area contributed by atoms with Crippen LogP contribution in [0.15, 0.2) is 12.4 Å². The average molecular weight is 210 g/mol. The van der Waals surface area contributed by atoms with Gasteiger partial charge in [-0.2, -0.15) is 9.47 Å². The molecular weight excluding hydrogens is 200 g/mol. The minimum atomic E-state index is 0.553. The zero-order chi connectivity index (χ0) is 9.80. The van der Waals surface area contributed by atoms with Gasteiger partial charge in [0.2, 0.25) is 0 Å². The van der Waals surface area contributed by atoms with Gasteiger partial charge in [0, 0.05) is 19.0 Å². The molecule has 74 valence electrons. The third-order valence-corrected chi connectivity index (χ3v) is 2.42. The third kappa shape index (κ3) is 2.19. The number of hydrogen-bond donors (Lipinski definition) is 3. The van der Waals surface area contributed by atoms with E-state index in [4.69, 9.17) is 5.73 Å². The van der Waals surface area contributed by atoms with Crippen LogP contribution in [0, 0.1) is 0 Å². The van der Waals surface area contributed by atoms with Crippen molar-refractivity contribution in [3.63, 3.8) is 0 Å². The Morgan fingerprint density at radius 1 is 1.57 bits per heavy atom. The Balaban J connectivity index is 1.78. The van der Waals surface area contributed by atoms with Crippen molar-refractivity contribution in [1.29, 1.82) is 0 Å². The number of anilines is 2. The van der Waals surface area contributed by atoms with Gasteiger partial charge in [-0.1, -0.05) is 0 Å². The molecule has 7 heteroatoms. The van der Waals surface area contributed by atoms with Gasteiger partial charge in [0.1, 0.15) is 23.0 Å². The van der Waals surface area contributed by atoms with Gasteiger partial charge in [-0.25, -0.2) is 4.98 Å². The van der Waals surface area contributed by atoms with E-state index in [9.17, 15) is 0 Å². The number of aromatic amines is 1. The predicted octanol–water partition coefficient (Wildman–Crippen LogP) is 0.498. The maximum atomic E-state index is 5.48. The first kappa shape index (κ1) is 8.95. The largest absolute Gasteiger partial charge is 0.383 e. The average Bonchev–Trinajstić information content (AvgIpc) is 2.77. The van der Waals surface area contributed by atoms with E-state index in [0.29, 0.717) is 5.82 Å². The number of nitrogens with one attached hydrogen (secondary N) is 2. The van der Waals surface area contributed by atoms with Crippen molar-refractivity contribution < 1.29 is 0 Å². The summed E-state index contributed by atoms with van der Waals surface area (Å²) in [6, 6.07) is 1.81. The molecule has 0 aliphatic carbocycles. The molecule has 2 aromatic rings. The predicted molar refractivity (Wildman–Crippen MR) is 55.1 cm³/mol. The van der Waals surface area contributed by atoms with Gasteiger partial charge >= 0.3 is 0 Å². The molecule has 0 amide bonds. The Morgan fingerprint density at radius 3 is 3.14 bits per heavy atom. The highest BCUT2D eigenvalue weighted by atomic mass is 32.1. The van der Waals surface area contributed by atoms with E-state index in [0.717, 1.165) is 23.8 Å². The minimum absolute atomic E-state index is 0.553. The second kappa shape index (κ2) is 4.05. The summed E-state index contributed by atoms with van der Waals surface area (Å²) < 4.78 is 3.95. The minimum Gasteiger partial charge on any atom is -0.383 e. The van der Waals surface area contributed by atoms with E-state index in [-0.39, 0.29) is 0 Å². The maximum Gasteiger partial charge on any atom is 0.139 e. The number of nitrogens with two attached hydrogens (primary N) is 1. The SMILES string of the molecule is Nc1cc(NCCc2ncn[nH]2)sn1. The number of nitrogen functional groups attached to an aromatic ring is 1. The molecule has 0 unspecified atom stereocenters. The topological polar surface area (TPSA) is 92.5 Å². The molecule has 0 spiro atoms. The lowest BCUT2D eigenvalue weighted by Gasteiger charge is -1.99. The second-order valence-electron chi connectivity index (χ2n) is 2.72. The molecule has 0 saturated carbocycles. The van der Waals surface area contributed by atoms with Crippen LogP contribution in [0.5, 0.6) is 0 Å². The molecule has 14 heavy (non-hydrogen) atoms. The first-order chi connectivity index (χ1) is 6.84. The second-order valence-corrected chi connectivity index (χ2v) is 3.53. The number of aromatic nitrogens is 4. The summed E-state index contributed by atoms with van der Waals surface area (Å²) in [5.41, 5.74) is 5.48. The van der Waals surface area contributed by atoms with Crippen LogP contribution >= 0.6 is 11.5 Å². The zero-order valence-corrected chi connectivity index (χ0v) is 8.21. The Hall–Kier alpha value is -1.63. The Bertz CT molecular complexity index is 381. The van der Waals surface area contributed by atoms with E-state index in [1.807, 2.05) is 6.07 Å². The van der Waals surface area contributed by atoms with Crippen molar-refractivity contribution in [3.05, 3.63) is 18.2 Å². The van der Waals surface area contributed by atoms with E-state index in [1.54, 1.807) is 0 Å². The molecule has 0 radical (unpaired) electrons. The van der Waals surface area contributed by atoms with Crippen molar-refractivity contribution in [1.82, 2.24) is 19.6 Å². The highest BCUT2D eigenvalue weighted by molar-refractivity contribution is 7.10. The van der Waals surface area contributed by atoms with Gasteiger partial charge in [-0.3, -0.25) is 5.10 Å². The first-order valence-corrected chi connectivity index (χ1v) is 4.92. The van der Waals surface area contributed by atoms with E-state index >= 15 is 0 Å². The number of H-pyrrole nitrogens is 1. The molecule has 0 bridgehead atoms. The fraction of sp³-hybridized carbons (Fsp3) is 0.286. The maximum absolute atomic E-state index is 5.48. The zero-order valence-electron chi connectivity index (χ0n) is 7.40. The van der Waals surface area contributed by atoms with Gasteiger partial charge < -0.3 is 11.1 Å². The molecule has 0 aromatic carbocycles. The van der Waals surface area contributed by atoms with Crippen LogP contribution in [-0.2, 0) is 6.42 Å². The normalized spacial score (nSPS) is 10.3. The molecule has 6 nitrogen and oxygen atoms in total. The quantitative estimate of drug-likeness (QED) is 0.683. The van der Waals surface area contributed by atoms with Crippen LogP contribution in [0.1, 0.15) is 5.82 Å². The van der Waals surface area contributed by atoms with Crippen LogP contribution in [0.4, 0.5) is 10.8 Å². The lowest BCUT2D eigenvalue weighted by atomic mass is 10.4. The summed E-state index contributed by atoms with van der Waals surface area (Å²) >= 11 is 1.35. The first-order valence-electron chi connectivity index (χ1n) is 4.15. The molecular formula is C7H10N6S. The van der Waals surface area contributed by atoms with Crippen LogP contribution in [0.3, 0.4) is 0 Å². The van der Waals surface area contributed by atoms with Crippen molar-refractivity contribution in [2.45, 2.75) is 6.42 Å². The van der Waals surface area contributed by atoms with Crippen molar-refractivity contribution in [2.24, 2.45) is 0 Å². The summed E-state index contributed by atoms with van der Waals surface area (Å²) in [6.45, 7) is 0.789. The third-order valence-electron chi connectivity index (χ3n) is 1.65. The molecule has 4 N–H and O–H groups in total. The lowest BCUT2D eigenvalue weighted by Crippen LogP contribution is -2.04. The Morgan fingerprint density at radius 2 is 2.50 bits per heavy atom. The molecule has 0 aliphatic rings. The number of nitrogens with zero attached hydrogens (tertiary/aromatic N) is 3. The number of rotatable bonds is 4. The van der Waals surface area contributed by atoms with Gasteiger partial charge in [-0.15, -0.1) is 0 Å². The Labute approximate surface area is 84.7 Å². The van der Waals surface area contributed by atoms with Gasteiger partial charge in [0.15, 0.2) is 0 Å². The van der Waals surface area contributed by atoms with Crippen LogP contribution in [0.2, 0.25) is 0 Å². The summed E-state index contributed by atoms with van der Waals surface area (Å²) in [7, 11) is 0. The van der Waals surface area contributed by atoms with Gasteiger partial charge in [-0.05, 0) is 11.5 Å². The van der Waals surface area contributed by atoms with E-state index in [2.05, 4.69) is 24.9 Å². The smallest absolute Gasteiger partial charge is 0.139 e. The van der Waals surface area contributed by atoms with Crippen LogP contribution in [-0.4, -0.2) is 26.1 Å². The molecule has 2 heterocycles. The van der Waals surface area contributed by atoms with Crippen molar-refractivity contribution >= 4 is 22.4 Å². The lowest BCUT2D eigenvalue weighted by molar-refractivity contribution is 0.903. The summed E-state index contributed by atoms with van der Waals surface area (Å²) in [5.74, 6) is 1.42. The van der Waals surface area contributed by atoms with Crippen LogP contribution in [0.25, 0.3) is 0 Å². The highest BCUT2D eigenvalue weighted by Gasteiger charge is 1.98. The fourth-order valence-corrected chi connectivity index (χ4v) is 1.62. The summed E-state index contributed by atoms with van der Waals surface area (Å²) in [6.07, 6.45) is 2.30. The Kier molecular flexibility index (Phi) is 2.59. The van der Waals surface area contributed by atoms with Crippen molar-refractivity contribution in [3.8, 4) is 0 Å². The van der Waals surface area contributed by atoms with E-state index < -0.39 is 0 Å². The highest BCUT2D eigenvalue weighted by Crippen LogP contribution is 2.16. The summed E-state index contributed by atoms with van der Waals surface area (Å²) in [5, 5.41) is 10.7. The molecule has 0 fully saturated rings. The van der Waals surface area contributed by atoms with Gasteiger partial charge in [0.05, 0.1) is 0 Å². The summed E-state index contributed by atoms with van der Waals surface area (Å²) in [4.78, 5) is 4.01. The molecule has 0 aliphatic heterocycles. The van der Waals surface area contributed by atoms with Gasteiger partial charge in [0.25, 0.3) is 0 Å². The molecule has 2 aromatic heterocycles. The van der Waals surface area contributed by atoms with Crippen LogP contribution < -0.4 is 11.1 Å². The van der Waals surface area contributed by atoms with E-state index in [1.165, 1.54) is 17.9 Å². The molecule has 2 rings (SSSR count).